The van der Waals surface area contributed by atoms with Crippen molar-refractivity contribution in [2.24, 2.45) is 11.8 Å². The molecule has 1 aromatic rings. The van der Waals surface area contributed by atoms with Gasteiger partial charge in [-0.3, -0.25) is 9.59 Å². The van der Waals surface area contributed by atoms with Gasteiger partial charge in [0.25, 0.3) is 0 Å². The number of aryl methyl sites for hydroxylation is 1. The van der Waals surface area contributed by atoms with Gasteiger partial charge in [0.15, 0.2) is 0 Å². The van der Waals surface area contributed by atoms with E-state index in [1.54, 1.807) is 4.90 Å². The summed E-state index contributed by atoms with van der Waals surface area (Å²) in [5.41, 5.74) is 1.73. The first-order valence-electron chi connectivity index (χ1n) is 7.25. The summed E-state index contributed by atoms with van der Waals surface area (Å²) in [6, 6.07) is 5.58. The first-order valence-corrected chi connectivity index (χ1v) is 7.63. The predicted molar refractivity (Wildman–Crippen MR) is 84.5 cm³/mol. The molecule has 2 amide bonds. The summed E-state index contributed by atoms with van der Waals surface area (Å²) in [4.78, 5) is 26.1. The zero-order chi connectivity index (χ0) is 15.6. The second-order valence-electron chi connectivity index (χ2n) is 5.93. The minimum Gasteiger partial charge on any atom is -0.355 e. The maximum Gasteiger partial charge on any atom is 0.239 e. The number of nitrogens with zero attached hydrogens (tertiary/aromatic N) is 1. The Kier molecular flexibility index (Phi) is 4.88. The maximum atomic E-state index is 12.4. The standard InChI is InChI=1S/C16H21ClN2O2/c1-10(2)9-18-15(20)12-6-7-19(16(12)21)14-5-4-11(3)8-13(14)17/h4-5,8,10,12H,6-7,9H2,1-3H3,(H,18,20). The lowest BCUT2D eigenvalue weighted by molar-refractivity contribution is -0.132. The Hall–Kier alpha value is -1.55. The highest BCUT2D eigenvalue weighted by Gasteiger charge is 2.38. The van der Waals surface area contributed by atoms with Crippen LogP contribution in [0, 0.1) is 18.8 Å². The van der Waals surface area contributed by atoms with Crippen molar-refractivity contribution in [3.8, 4) is 0 Å². The summed E-state index contributed by atoms with van der Waals surface area (Å²) < 4.78 is 0. The Labute approximate surface area is 130 Å². The normalized spacial score (nSPS) is 18.4. The lowest BCUT2D eigenvalue weighted by Gasteiger charge is -2.18. The number of anilines is 1. The number of halogens is 1. The number of benzene rings is 1. The van der Waals surface area contributed by atoms with Crippen LogP contribution in [-0.4, -0.2) is 24.9 Å². The molecule has 0 spiro atoms. The van der Waals surface area contributed by atoms with E-state index in [0.717, 1.165) is 5.56 Å². The second kappa shape index (κ2) is 6.48. The fraction of sp³-hybridized carbons (Fsp3) is 0.500. The molecule has 1 saturated heterocycles. The third-order valence-electron chi connectivity index (χ3n) is 3.60. The number of hydrogen-bond donors (Lipinski definition) is 1. The quantitative estimate of drug-likeness (QED) is 0.870. The fourth-order valence-corrected chi connectivity index (χ4v) is 2.76. The Balaban J connectivity index is 2.09. The van der Waals surface area contributed by atoms with Gasteiger partial charge in [-0.1, -0.05) is 31.5 Å². The predicted octanol–water partition coefficient (Wildman–Crippen LogP) is 2.77. The van der Waals surface area contributed by atoms with E-state index in [1.165, 1.54) is 0 Å². The van der Waals surface area contributed by atoms with Gasteiger partial charge in [0.2, 0.25) is 11.8 Å². The van der Waals surface area contributed by atoms with Crippen LogP contribution in [0.15, 0.2) is 18.2 Å². The van der Waals surface area contributed by atoms with Gasteiger partial charge in [-0.15, -0.1) is 0 Å². The highest BCUT2D eigenvalue weighted by Crippen LogP contribution is 2.32. The highest BCUT2D eigenvalue weighted by atomic mass is 35.5. The number of amides is 2. The molecule has 1 unspecified atom stereocenters. The van der Waals surface area contributed by atoms with Gasteiger partial charge < -0.3 is 10.2 Å². The molecule has 1 aliphatic rings. The van der Waals surface area contributed by atoms with E-state index < -0.39 is 5.92 Å². The van der Waals surface area contributed by atoms with Crippen LogP contribution in [-0.2, 0) is 9.59 Å². The fourth-order valence-electron chi connectivity index (χ4n) is 2.42. The molecule has 0 aliphatic carbocycles. The number of rotatable bonds is 4. The Morgan fingerprint density at radius 3 is 2.81 bits per heavy atom. The van der Waals surface area contributed by atoms with Crippen LogP contribution in [0.5, 0.6) is 0 Å². The first kappa shape index (κ1) is 15.8. The molecule has 0 radical (unpaired) electrons. The van der Waals surface area contributed by atoms with E-state index in [0.29, 0.717) is 36.1 Å². The van der Waals surface area contributed by atoms with Gasteiger partial charge in [-0.2, -0.15) is 0 Å². The van der Waals surface area contributed by atoms with Crippen molar-refractivity contribution in [3.63, 3.8) is 0 Å². The molecule has 4 nitrogen and oxygen atoms in total. The van der Waals surface area contributed by atoms with Gasteiger partial charge in [0.05, 0.1) is 10.7 Å². The van der Waals surface area contributed by atoms with Crippen molar-refractivity contribution in [2.75, 3.05) is 18.0 Å². The minimum atomic E-state index is -0.596. The summed E-state index contributed by atoms with van der Waals surface area (Å²) in [7, 11) is 0. The zero-order valence-electron chi connectivity index (χ0n) is 12.6. The Morgan fingerprint density at radius 1 is 1.48 bits per heavy atom. The van der Waals surface area contributed by atoms with Crippen LogP contribution in [0.25, 0.3) is 0 Å². The topological polar surface area (TPSA) is 49.4 Å². The average molecular weight is 309 g/mol. The molecule has 1 N–H and O–H groups in total. The van der Waals surface area contributed by atoms with Crippen LogP contribution in [0.1, 0.15) is 25.8 Å². The molecule has 5 heteroatoms. The van der Waals surface area contributed by atoms with Gasteiger partial charge in [0.1, 0.15) is 5.92 Å². The van der Waals surface area contributed by atoms with Crippen molar-refractivity contribution in [1.29, 1.82) is 0 Å². The van der Waals surface area contributed by atoms with Crippen molar-refractivity contribution in [1.82, 2.24) is 5.32 Å². The zero-order valence-corrected chi connectivity index (χ0v) is 13.4. The monoisotopic (exact) mass is 308 g/mol. The van der Waals surface area contributed by atoms with Crippen molar-refractivity contribution < 1.29 is 9.59 Å². The van der Waals surface area contributed by atoms with Crippen molar-refractivity contribution in [2.45, 2.75) is 27.2 Å². The lowest BCUT2D eigenvalue weighted by atomic mass is 10.1. The second-order valence-corrected chi connectivity index (χ2v) is 6.33. The van der Waals surface area contributed by atoms with Crippen molar-refractivity contribution in [3.05, 3.63) is 28.8 Å². The number of carbonyl (C=O) groups is 2. The molecule has 1 aromatic carbocycles. The molecule has 1 atom stereocenters. The summed E-state index contributed by atoms with van der Waals surface area (Å²) in [6.45, 7) is 7.11. The molecule has 0 saturated carbocycles. The largest absolute Gasteiger partial charge is 0.355 e. The summed E-state index contributed by atoms with van der Waals surface area (Å²) in [5, 5.41) is 3.38. The molecule has 114 valence electrons. The van der Waals surface area contributed by atoms with E-state index in [1.807, 2.05) is 39.0 Å². The SMILES string of the molecule is Cc1ccc(N2CCC(C(=O)NCC(C)C)C2=O)c(Cl)c1. The van der Waals surface area contributed by atoms with Crippen LogP contribution >= 0.6 is 11.6 Å². The lowest BCUT2D eigenvalue weighted by Crippen LogP contribution is -2.38. The van der Waals surface area contributed by atoms with Crippen LogP contribution in [0.3, 0.4) is 0 Å². The van der Waals surface area contributed by atoms with Gasteiger partial charge in [-0.05, 0) is 37.0 Å². The number of carbonyl (C=O) groups excluding carboxylic acids is 2. The highest BCUT2D eigenvalue weighted by molar-refractivity contribution is 6.34. The van der Waals surface area contributed by atoms with Crippen LogP contribution in [0.2, 0.25) is 5.02 Å². The molecular formula is C16H21ClN2O2. The molecule has 0 bridgehead atoms. The van der Waals surface area contributed by atoms with Gasteiger partial charge in [0, 0.05) is 13.1 Å². The Morgan fingerprint density at radius 2 is 2.19 bits per heavy atom. The number of hydrogen-bond acceptors (Lipinski definition) is 2. The molecule has 1 fully saturated rings. The summed E-state index contributed by atoms with van der Waals surface area (Å²) >= 11 is 6.21. The summed E-state index contributed by atoms with van der Waals surface area (Å²) in [6.07, 6.45) is 0.535. The van der Waals surface area contributed by atoms with E-state index in [-0.39, 0.29) is 11.8 Å². The molecule has 0 aromatic heterocycles. The van der Waals surface area contributed by atoms with E-state index in [4.69, 9.17) is 11.6 Å². The Bertz CT molecular complexity index is 557. The molecule has 2 rings (SSSR count). The van der Waals surface area contributed by atoms with Crippen LogP contribution in [0.4, 0.5) is 5.69 Å². The molecule has 21 heavy (non-hydrogen) atoms. The van der Waals surface area contributed by atoms with E-state index in [9.17, 15) is 9.59 Å². The van der Waals surface area contributed by atoms with E-state index >= 15 is 0 Å². The van der Waals surface area contributed by atoms with Crippen molar-refractivity contribution >= 4 is 29.1 Å². The number of nitrogens with one attached hydrogen (secondary N) is 1. The van der Waals surface area contributed by atoms with Crippen LogP contribution < -0.4 is 10.2 Å². The first-order chi connectivity index (χ1) is 9.90. The average Bonchev–Trinajstić information content (AvgIpc) is 2.78. The van der Waals surface area contributed by atoms with E-state index in [2.05, 4.69) is 5.32 Å². The third kappa shape index (κ3) is 3.56. The van der Waals surface area contributed by atoms with Gasteiger partial charge >= 0.3 is 0 Å². The molecule has 1 aliphatic heterocycles. The third-order valence-corrected chi connectivity index (χ3v) is 3.90. The minimum absolute atomic E-state index is 0.165. The molecule has 1 heterocycles. The maximum absolute atomic E-state index is 12.4. The summed E-state index contributed by atoms with van der Waals surface area (Å²) in [5.74, 6) is -0.573. The molecular weight excluding hydrogens is 288 g/mol. The smallest absolute Gasteiger partial charge is 0.239 e. The van der Waals surface area contributed by atoms with Gasteiger partial charge in [-0.25, -0.2) is 0 Å².